The van der Waals surface area contributed by atoms with E-state index in [0.717, 1.165) is 21.7 Å². The van der Waals surface area contributed by atoms with Gasteiger partial charge in [0.1, 0.15) is 0 Å². The second-order valence-electron chi connectivity index (χ2n) is 6.31. The number of anilines is 1. The molecule has 1 aromatic carbocycles. The van der Waals surface area contributed by atoms with Gasteiger partial charge in [0.15, 0.2) is 0 Å². The molecule has 0 aliphatic carbocycles. The van der Waals surface area contributed by atoms with Crippen LogP contribution in [-0.4, -0.2) is 17.6 Å². The molecule has 2 heterocycles. The minimum atomic E-state index is -0.242. The van der Waals surface area contributed by atoms with E-state index < -0.39 is 0 Å². The normalized spacial score (nSPS) is 16.6. The number of nitriles is 1. The van der Waals surface area contributed by atoms with Gasteiger partial charge in [-0.2, -0.15) is 5.26 Å². The second-order valence-corrected chi connectivity index (χ2v) is 8.28. The van der Waals surface area contributed by atoms with Gasteiger partial charge in [-0.1, -0.05) is 23.9 Å². The molecule has 0 saturated heterocycles. The van der Waals surface area contributed by atoms with E-state index >= 15 is 0 Å². The van der Waals surface area contributed by atoms with Crippen LogP contribution >= 0.6 is 23.1 Å². The van der Waals surface area contributed by atoms with Gasteiger partial charge in [-0.3, -0.25) is 9.59 Å². The van der Waals surface area contributed by atoms with Gasteiger partial charge >= 0.3 is 0 Å². The first-order valence-electron chi connectivity index (χ1n) is 8.45. The summed E-state index contributed by atoms with van der Waals surface area (Å²) in [4.78, 5) is 25.4. The molecular formula is C20H19N3O2S2. The van der Waals surface area contributed by atoms with Gasteiger partial charge in [0.2, 0.25) is 11.8 Å². The van der Waals surface area contributed by atoms with E-state index in [-0.39, 0.29) is 29.9 Å². The van der Waals surface area contributed by atoms with E-state index in [1.807, 2.05) is 49.6 Å². The first-order valence-corrected chi connectivity index (χ1v) is 10.3. The molecule has 2 N–H and O–H groups in total. The number of allylic oxidation sites excluding steroid dienone is 1. The van der Waals surface area contributed by atoms with Crippen LogP contribution < -0.4 is 10.6 Å². The Kier molecular flexibility index (Phi) is 5.99. The summed E-state index contributed by atoms with van der Waals surface area (Å²) in [6, 6.07) is 11.8. The van der Waals surface area contributed by atoms with Gasteiger partial charge in [-0.15, -0.1) is 11.3 Å². The highest BCUT2D eigenvalue weighted by Gasteiger charge is 2.30. The molecule has 1 atom stereocenters. The summed E-state index contributed by atoms with van der Waals surface area (Å²) in [5.41, 5.74) is 3.52. The molecule has 2 aromatic rings. The number of rotatable bonds is 5. The third kappa shape index (κ3) is 4.59. The number of aryl methyl sites for hydroxylation is 2. The summed E-state index contributed by atoms with van der Waals surface area (Å²) < 4.78 is 0. The van der Waals surface area contributed by atoms with Crippen LogP contribution in [0.5, 0.6) is 0 Å². The van der Waals surface area contributed by atoms with E-state index in [9.17, 15) is 14.9 Å². The third-order valence-electron chi connectivity index (χ3n) is 4.38. The zero-order valence-electron chi connectivity index (χ0n) is 15.0. The Balaban J connectivity index is 1.71. The lowest BCUT2D eigenvalue weighted by atomic mass is 9.93. The fourth-order valence-electron chi connectivity index (χ4n) is 2.82. The van der Waals surface area contributed by atoms with E-state index in [2.05, 4.69) is 16.7 Å². The number of carbonyl (C=O) groups excluding carboxylic acids is 2. The van der Waals surface area contributed by atoms with E-state index in [1.165, 1.54) is 23.1 Å². The highest BCUT2D eigenvalue weighted by molar-refractivity contribution is 8.03. The summed E-state index contributed by atoms with van der Waals surface area (Å²) >= 11 is 2.71. The van der Waals surface area contributed by atoms with Crippen molar-refractivity contribution in [3.05, 3.63) is 62.3 Å². The lowest BCUT2D eigenvalue weighted by Crippen LogP contribution is -2.31. The molecule has 0 unspecified atom stereocenters. The molecule has 0 saturated carbocycles. The average Bonchev–Trinajstić information content (AvgIpc) is 3.17. The highest BCUT2D eigenvalue weighted by Crippen LogP contribution is 2.37. The van der Waals surface area contributed by atoms with Crippen molar-refractivity contribution < 1.29 is 9.59 Å². The maximum atomic E-state index is 12.3. The highest BCUT2D eigenvalue weighted by atomic mass is 32.2. The minimum Gasteiger partial charge on any atom is -0.325 e. The van der Waals surface area contributed by atoms with E-state index in [4.69, 9.17) is 0 Å². The van der Waals surface area contributed by atoms with Crippen LogP contribution in [0.2, 0.25) is 0 Å². The van der Waals surface area contributed by atoms with E-state index in [0.29, 0.717) is 10.6 Å². The predicted octanol–water partition coefficient (Wildman–Crippen LogP) is 4.08. The van der Waals surface area contributed by atoms with Gasteiger partial charge in [0.05, 0.1) is 22.4 Å². The maximum Gasteiger partial charge on any atom is 0.234 e. The summed E-state index contributed by atoms with van der Waals surface area (Å²) in [6.07, 6.45) is 0.252. The molecule has 0 spiro atoms. The van der Waals surface area contributed by atoms with E-state index in [1.54, 1.807) is 0 Å². The molecule has 0 radical (unpaired) electrons. The molecule has 0 fully saturated rings. The van der Waals surface area contributed by atoms with Crippen molar-refractivity contribution in [1.82, 2.24) is 5.32 Å². The molecule has 27 heavy (non-hydrogen) atoms. The van der Waals surface area contributed by atoms with Crippen LogP contribution in [0, 0.1) is 25.2 Å². The number of thiophene rings is 1. The Bertz CT molecular complexity index is 943. The quantitative estimate of drug-likeness (QED) is 0.797. The topological polar surface area (TPSA) is 82.0 Å². The summed E-state index contributed by atoms with van der Waals surface area (Å²) in [5.74, 6) is -0.440. The molecule has 1 aliphatic heterocycles. The fraction of sp³-hybridized carbons (Fsp3) is 0.250. The Morgan fingerprint density at radius 2 is 2.19 bits per heavy atom. The number of thioether (sulfide) groups is 1. The van der Waals surface area contributed by atoms with Crippen molar-refractivity contribution in [3.8, 4) is 6.07 Å². The molecule has 5 nitrogen and oxygen atoms in total. The van der Waals surface area contributed by atoms with Crippen LogP contribution in [0.4, 0.5) is 5.69 Å². The summed E-state index contributed by atoms with van der Waals surface area (Å²) in [6.45, 7) is 4.01. The summed E-state index contributed by atoms with van der Waals surface area (Å²) in [7, 11) is 0. The fourth-order valence-corrected chi connectivity index (χ4v) is 4.53. The monoisotopic (exact) mass is 397 g/mol. The van der Waals surface area contributed by atoms with Crippen molar-refractivity contribution in [2.24, 2.45) is 0 Å². The Hall–Kier alpha value is -2.56. The standard InChI is InChI=1S/C20H19N3O2S2/c1-12-5-6-14(8-13(12)2)22-19(25)11-27-20-16(10-21)15(9-18(24)23-20)17-4-3-7-26-17/h3-8,15H,9,11H2,1-2H3,(H,22,25)(H,23,24)/t15-/m0/s1. The van der Waals surface area contributed by atoms with Crippen LogP contribution in [0.1, 0.15) is 28.3 Å². The minimum absolute atomic E-state index is 0.116. The lowest BCUT2D eigenvalue weighted by molar-refractivity contribution is -0.121. The largest absolute Gasteiger partial charge is 0.325 e. The number of hydrogen-bond acceptors (Lipinski definition) is 5. The van der Waals surface area contributed by atoms with Crippen molar-refractivity contribution in [1.29, 1.82) is 5.26 Å². The number of nitrogens with zero attached hydrogens (tertiary/aromatic N) is 1. The number of carbonyl (C=O) groups is 2. The third-order valence-corrected chi connectivity index (χ3v) is 6.38. The zero-order valence-corrected chi connectivity index (χ0v) is 16.7. The van der Waals surface area contributed by atoms with Crippen LogP contribution in [0.15, 0.2) is 46.3 Å². The number of nitrogens with one attached hydrogen (secondary N) is 2. The van der Waals surface area contributed by atoms with Crippen LogP contribution in [0.3, 0.4) is 0 Å². The van der Waals surface area contributed by atoms with Crippen molar-refractivity contribution in [3.63, 3.8) is 0 Å². The van der Waals surface area contributed by atoms with Gasteiger partial charge in [-0.05, 0) is 48.6 Å². The molecule has 138 valence electrons. The van der Waals surface area contributed by atoms with Gasteiger partial charge in [-0.25, -0.2) is 0 Å². The number of amides is 2. The van der Waals surface area contributed by atoms with Crippen molar-refractivity contribution in [2.75, 3.05) is 11.1 Å². The average molecular weight is 398 g/mol. The molecule has 1 aromatic heterocycles. The molecule has 0 bridgehead atoms. The SMILES string of the molecule is Cc1ccc(NC(=O)CSC2=C(C#N)[C@@H](c3cccs3)CC(=O)N2)cc1C. The predicted molar refractivity (Wildman–Crippen MR) is 109 cm³/mol. The van der Waals surface area contributed by atoms with Crippen molar-refractivity contribution in [2.45, 2.75) is 26.2 Å². The van der Waals surface area contributed by atoms with Crippen LogP contribution in [0.25, 0.3) is 0 Å². The molecular weight excluding hydrogens is 378 g/mol. The summed E-state index contributed by atoms with van der Waals surface area (Å²) in [5, 5.41) is 17.6. The van der Waals surface area contributed by atoms with Crippen LogP contribution in [-0.2, 0) is 9.59 Å². The second kappa shape index (κ2) is 8.42. The number of hydrogen-bond donors (Lipinski definition) is 2. The van der Waals surface area contributed by atoms with Gasteiger partial charge in [0, 0.05) is 22.9 Å². The molecule has 1 aliphatic rings. The zero-order chi connectivity index (χ0) is 19.4. The Morgan fingerprint density at radius 1 is 1.37 bits per heavy atom. The smallest absolute Gasteiger partial charge is 0.234 e. The molecule has 3 rings (SSSR count). The Morgan fingerprint density at radius 3 is 2.85 bits per heavy atom. The molecule has 2 amide bonds. The molecule has 7 heteroatoms. The maximum absolute atomic E-state index is 12.3. The first kappa shape index (κ1) is 19.2. The lowest BCUT2D eigenvalue weighted by Gasteiger charge is -2.23. The van der Waals surface area contributed by atoms with Gasteiger partial charge in [0.25, 0.3) is 0 Å². The van der Waals surface area contributed by atoms with Gasteiger partial charge < -0.3 is 10.6 Å². The van der Waals surface area contributed by atoms with Crippen molar-refractivity contribution >= 4 is 40.6 Å². The Labute approximate surface area is 166 Å². The number of benzene rings is 1. The first-order chi connectivity index (χ1) is 13.0.